The van der Waals surface area contributed by atoms with Gasteiger partial charge >= 0.3 is 23.8 Å². The van der Waals surface area contributed by atoms with Gasteiger partial charge in [0.2, 0.25) is 0 Å². The first-order valence-corrected chi connectivity index (χ1v) is 11.3. The van der Waals surface area contributed by atoms with E-state index in [-0.39, 0.29) is 5.97 Å². The second kappa shape index (κ2) is 10.7. The van der Waals surface area contributed by atoms with Crippen molar-refractivity contribution in [3.8, 4) is 0 Å². The first kappa shape index (κ1) is 25.0. The highest BCUT2D eigenvalue weighted by Crippen LogP contribution is 2.38. The number of halogens is 3. The van der Waals surface area contributed by atoms with Gasteiger partial charge in [0.25, 0.3) is 0 Å². The third-order valence-corrected chi connectivity index (χ3v) is 6.20. The topological polar surface area (TPSA) is 132 Å². The number of hydrogen-bond acceptors (Lipinski definition) is 8. The van der Waals surface area contributed by atoms with E-state index in [2.05, 4.69) is 20.8 Å². The molecule has 0 saturated heterocycles. The van der Waals surface area contributed by atoms with Crippen molar-refractivity contribution in [1.82, 2.24) is 10.2 Å². The molecule has 1 aliphatic rings. The second-order valence-electron chi connectivity index (χ2n) is 8.58. The minimum atomic E-state index is -1.35. The lowest BCUT2D eigenvalue weighted by Crippen LogP contribution is -2.17. The molecular formula is C24H24F3N5O4. The Labute approximate surface area is 204 Å². The number of ether oxygens (including phenoxy) is 1. The van der Waals surface area contributed by atoms with Crippen molar-refractivity contribution in [2.45, 2.75) is 38.0 Å². The lowest BCUT2D eigenvalue weighted by atomic mass is 9.77. The van der Waals surface area contributed by atoms with Crippen LogP contribution < -0.4 is 16.4 Å². The van der Waals surface area contributed by atoms with Crippen molar-refractivity contribution in [1.29, 1.82) is 0 Å². The number of carbonyl (C=O) groups excluding carboxylic acids is 2. The molecule has 3 aromatic rings. The Balaban J connectivity index is 1.36. The van der Waals surface area contributed by atoms with Crippen molar-refractivity contribution in [3.05, 3.63) is 59.2 Å². The maximum Gasteiger partial charge on any atom is 0.320 e. The molecule has 9 nitrogen and oxygen atoms in total. The molecule has 1 heterocycles. The standard InChI is InChI=1S/C24H24F3N5O4/c1-35-21(33)8-12-2-4-13(5-3-12)14-6-7-19(18(28)9-14)29-22(34)23-31-32-24(36-23)30-20-11-16(26)15(25)10-17(20)27/h6-7,9-13H,2-5,8,28H2,1H3,(H,29,34)(H,30,32)/t12-,13-. The molecule has 12 heteroatoms. The maximum absolute atomic E-state index is 13.8. The van der Waals surface area contributed by atoms with Crippen LogP contribution in [-0.2, 0) is 9.53 Å². The number of nitrogens with zero attached hydrogens (tertiary/aromatic N) is 2. The number of esters is 1. The number of anilines is 4. The highest BCUT2D eigenvalue weighted by molar-refractivity contribution is 6.02. The zero-order chi connectivity index (χ0) is 25.8. The Hall–Kier alpha value is -4.09. The van der Waals surface area contributed by atoms with Gasteiger partial charge in [0.1, 0.15) is 5.82 Å². The Kier molecular flexibility index (Phi) is 7.41. The van der Waals surface area contributed by atoms with Gasteiger partial charge in [-0.2, -0.15) is 0 Å². The van der Waals surface area contributed by atoms with E-state index in [9.17, 15) is 22.8 Å². The molecule has 1 aliphatic carbocycles. The number of aromatic nitrogens is 2. The number of rotatable bonds is 7. The SMILES string of the molecule is COC(=O)C[C@H]1CC[C@H](c2ccc(NC(=O)c3nnc(Nc4cc(F)c(F)cc4F)o3)c(N)c2)CC1. The van der Waals surface area contributed by atoms with E-state index < -0.39 is 41.0 Å². The van der Waals surface area contributed by atoms with E-state index in [1.54, 1.807) is 12.1 Å². The smallest absolute Gasteiger partial charge is 0.320 e. The van der Waals surface area contributed by atoms with Crippen LogP contribution in [0.15, 0.2) is 34.7 Å². The summed E-state index contributed by atoms with van der Waals surface area (Å²) in [4.78, 5) is 24.0. The van der Waals surface area contributed by atoms with E-state index in [4.69, 9.17) is 14.9 Å². The van der Waals surface area contributed by atoms with E-state index in [0.29, 0.717) is 41.8 Å². The van der Waals surface area contributed by atoms with Gasteiger partial charge in [-0.25, -0.2) is 13.2 Å². The van der Waals surface area contributed by atoms with Crippen molar-refractivity contribution < 1.29 is 31.9 Å². The highest BCUT2D eigenvalue weighted by atomic mass is 19.2. The molecule has 0 aliphatic heterocycles. The summed E-state index contributed by atoms with van der Waals surface area (Å²) in [5.41, 5.74) is 7.44. The molecule has 2 aromatic carbocycles. The van der Waals surface area contributed by atoms with Gasteiger partial charge in [-0.1, -0.05) is 11.2 Å². The fourth-order valence-corrected chi connectivity index (χ4v) is 4.24. The largest absolute Gasteiger partial charge is 0.469 e. The van der Waals surface area contributed by atoms with Crippen LogP contribution in [-0.4, -0.2) is 29.2 Å². The maximum atomic E-state index is 13.8. The molecule has 0 spiro atoms. The van der Waals surface area contributed by atoms with Crippen molar-refractivity contribution >= 4 is 35.0 Å². The Morgan fingerprint density at radius 3 is 2.44 bits per heavy atom. The summed E-state index contributed by atoms with van der Waals surface area (Å²) in [6.45, 7) is 0. The molecule has 36 heavy (non-hydrogen) atoms. The van der Waals surface area contributed by atoms with Crippen LogP contribution >= 0.6 is 0 Å². The second-order valence-corrected chi connectivity index (χ2v) is 8.58. The molecule has 190 valence electrons. The molecule has 0 bridgehead atoms. The zero-order valence-corrected chi connectivity index (χ0v) is 19.3. The van der Waals surface area contributed by atoms with Crippen LogP contribution in [0.25, 0.3) is 0 Å². The molecule has 4 rings (SSSR count). The first-order valence-electron chi connectivity index (χ1n) is 11.3. The van der Waals surface area contributed by atoms with Gasteiger partial charge in [-0.15, -0.1) is 5.10 Å². The summed E-state index contributed by atoms with van der Waals surface area (Å²) in [6.07, 6.45) is 4.10. The minimum absolute atomic E-state index is 0.191. The Morgan fingerprint density at radius 2 is 1.75 bits per heavy atom. The summed E-state index contributed by atoms with van der Waals surface area (Å²) in [5.74, 6) is -4.49. The van der Waals surface area contributed by atoms with E-state index >= 15 is 0 Å². The lowest BCUT2D eigenvalue weighted by Gasteiger charge is -2.28. The molecule has 4 N–H and O–H groups in total. The fraction of sp³-hybridized carbons (Fsp3) is 0.333. The third-order valence-electron chi connectivity index (χ3n) is 6.20. The monoisotopic (exact) mass is 503 g/mol. The van der Waals surface area contributed by atoms with Gasteiger partial charge in [-0.3, -0.25) is 9.59 Å². The summed E-state index contributed by atoms with van der Waals surface area (Å²) in [7, 11) is 1.39. The summed E-state index contributed by atoms with van der Waals surface area (Å²) in [6, 6.07) is 5.91. The zero-order valence-electron chi connectivity index (χ0n) is 19.3. The summed E-state index contributed by atoms with van der Waals surface area (Å²) >= 11 is 0. The summed E-state index contributed by atoms with van der Waals surface area (Å²) in [5, 5.41) is 12.0. The van der Waals surface area contributed by atoms with Crippen LogP contribution in [0.3, 0.4) is 0 Å². The molecule has 1 saturated carbocycles. The van der Waals surface area contributed by atoms with Crippen molar-refractivity contribution in [3.63, 3.8) is 0 Å². The number of amides is 1. The van der Waals surface area contributed by atoms with Crippen LogP contribution in [0.1, 0.15) is 54.3 Å². The quantitative estimate of drug-likeness (QED) is 0.236. The molecule has 1 aromatic heterocycles. The predicted octanol–water partition coefficient (Wildman–Crippen LogP) is 4.90. The summed E-state index contributed by atoms with van der Waals surface area (Å²) < 4.78 is 50.1. The molecule has 0 atom stereocenters. The van der Waals surface area contributed by atoms with Crippen molar-refractivity contribution in [2.24, 2.45) is 5.92 Å². The molecule has 1 amide bonds. The van der Waals surface area contributed by atoms with Gasteiger partial charge in [0, 0.05) is 18.6 Å². The van der Waals surface area contributed by atoms with Crippen LogP contribution in [0.2, 0.25) is 0 Å². The Bertz CT molecular complexity index is 1270. The molecular weight excluding hydrogens is 479 g/mol. The number of methoxy groups -OCH3 is 1. The number of nitrogen functional groups attached to an aromatic ring is 1. The normalized spacial score (nSPS) is 17.4. The fourth-order valence-electron chi connectivity index (χ4n) is 4.24. The van der Waals surface area contributed by atoms with E-state index in [1.807, 2.05) is 6.07 Å². The number of benzene rings is 2. The number of nitrogens with two attached hydrogens (primary N) is 1. The van der Waals surface area contributed by atoms with Crippen LogP contribution in [0.5, 0.6) is 0 Å². The average Bonchev–Trinajstić information content (AvgIpc) is 3.33. The number of nitrogens with one attached hydrogen (secondary N) is 2. The average molecular weight is 503 g/mol. The van der Waals surface area contributed by atoms with Gasteiger partial charge in [0.15, 0.2) is 11.6 Å². The van der Waals surface area contributed by atoms with Gasteiger partial charge < -0.3 is 25.5 Å². The van der Waals surface area contributed by atoms with Gasteiger partial charge in [-0.05, 0) is 55.2 Å². The van der Waals surface area contributed by atoms with Gasteiger partial charge in [0.05, 0.1) is 24.2 Å². The minimum Gasteiger partial charge on any atom is -0.469 e. The molecule has 1 fully saturated rings. The predicted molar refractivity (Wildman–Crippen MR) is 124 cm³/mol. The van der Waals surface area contributed by atoms with E-state index in [0.717, 1.165) is 31.2 Å². The van der Waals surface area contributed by atoms with Crippen LogP contribution in [0.4, 0.5) is 36.2 Å². The molecule has 0 radical (unpaired) electrons. The number of hydrogen-bond donors (Lipinski definition) is 3. The van der Waals surface area contributed by atoms with Crippen molar-refractivity contribution in [2.75, 3.05) is 23.5 Å². The first-order chi connectivity index (χ1) is 17.2. The lowest BCUT2D eigenvalue weighted by molar-refractivity contribution is -0.142. The van der Waals surface area contributed by atoms with Crippen LogP contribution in [0, 0.1) is 23.4 Å². The molecule has 0 unspecified atom stereocenters. The highest BCUT2D eigenvalue weighted by Gasteiger charge is 2.25. The van der Waals surface area contributed by atoms with E-state index in [1.165, 1.54) is 7.11 Å². The number of carbonyl (C=O) groups is 2. The Morgan fingerprint density at radius 1 is 1.03 bits per heavy atom. The third kappa shape index (κ3) is 5.75.